The number of guanidine groups is 1. The van der Waals surface area contributed by atoms with Gasteiger partial charge in [-0.2, -0.15) is 5.10 Å². The second-order valence-electron chi connectivity index (χ2n) is 5.37. The molecular weight excluding hydrogens is 305 g/mol. The van der Waals surface area contributed by atoms with Crippen LogP contribution in [0.1, 0.15) is 25.5 Å². The van der Waals surface area contributed by atoms with Gasteiger partial charge in [-0.15, -0.1) is 0 Å². The SMILES string of the molecule is C/C=N\N1C(N2CCNCC2)=Nc2cc(F)c(Cl)cc2C1C. The zero-order valence-corrected chi connectivity index (χ0v) is 13.4. The van der Waals surface area contributed by atoms with E-state index in [0.717, 1.165) is 37.7 Å². The molecular formula is C15H19ClFN5. The number of rotatable bonds is 1. The van der Waals surface area contributed by atoms with Crippen molar-refractivity contribution < 1.29 is 4.39 Å². The van der Waals surface area contributed by atoms with E-state index in [1.807, 2.05) is 18.9 Å². The topological polar surface area (TPSA) is 43.2 Å². The third kappa shape index (κ3) is 2.68. The molecule has 0 aliphatic carbocycles. The Morgan fingerprint density at radius 3 is 2.82 bits per heavy atom. The Kier molecular flexibility index (Phi) is 4.31. The maximum atomic E-state index is 13.8. The van der Waals surface area contributed by atoms with E-state index in [2.05, 4.69) is 20.3 Å². The van der Waals surface area contributed by atoms with Crippen LogP contribution in [-0.4, -0.2) is 48.3 Å². The Bertz CT molecular complexity index is 625. The predicted molar refractivity (Wildman–Crippen MR) is 87.4 cm³/mol. The normalized spacial score (nSPS) is 22.0. The molecule has 2 aliphatic rings. The summed E-state index contributed by atoms with van der Waals surface area (Å²) < 4.78 is 13.8. The van der Waals surface area contributed by atoms with Gasteiger partial charge in [-0.25, -0.2) is 14.4 Å². The van der Waals surface area contributed by atoms with Gasteiger partial charge < -0.3 is 10.2 Å². The van der Waals surface area contributed by atoms with Gasteiger partial charge in [-0.3, -0.25) is 0 Å². The molecule has 0 spiro atoms. The third-order valence-electron chi connectivity index (χ3n) is 3.95. The van der Waals surface area contributed by atoms with Gasteiger partial charge in [0.1, 0.15) is 5.82 Å². The molecule has 1 atom stereocenters. The van der Waals surface area contributed by atoms with Crippen LogP contribution < -0.4 is 5.32 Å². The average molecular weight is 324 g/mol. The fraction of sp³-hybridized carbons (Fsp3) is 0.467. The van der Waals surface area contributed by atoms with E-state index in [4.69, 9.17) is 11.6 Å². The molecule has 0 amide bonds. The van der Waals surface area contributed by atoms with Crippen molar-refractivity contribution in [3.05, 3.63) is 28.5 Å². The van der Waals surface area contributed by atoms with Crippen molar-refractivity contribution in [2.75, 3.05) is 26.2 Å². The van der Waals surface area contributed by atoms with E-state index in [0.29, 0.717) is 5.69 Å². The molecule has 7 heteroatoms. The van der Waals surface area contributed by atoms with E-state index < -0.39 is 5.82 Å². The fourth-order valence-electron chi connectivity index (χ4n) is 2.80. The predicted octanol–water partition coefficient (Wildman–Crippen LogP) is 2.75. The highest BCUT2D eigenvalue weighted by Crippen LogP contribution is 2.38. The van der Waals surface area contributed by atoms with E-state index in [-0.39, 0.29) is 11.1 Å². The van der Waals surface area contributed by atoms with Crippen LogP contribution in [0.25, 0.3) is 0 Å². The zero-order valence-electron chi connectivity index (χ0n) is 12.7. The summed E-state index contributed by atoms with van der Waals surface area (Å²) in [7, 11) is 0. The first-order valence-electron chi connectivity index (χ1n) is 7.43. The zero-order chi connectivity index (χ0) is 15.7. The lowest BCUT2D eigenvalue weighted by atomic mass is 10.0. The van der Waals surface area contributed by atoms with E-state index >= 15 is 0 Å². The molecule has 0 bridgehead atoms. The first kappa shape index (κ1) is 15.2. The molecule has 1 N–H and O–H groups in total. The van der Waals surface area contributed by atoms with Crippen LogP contribution >= 0.6 is 11.6 Å². The number of aliphatic imine (C=N–C) groups is 1. The molecule has 22 heavy (non-hydrogen) atoms. The van der Waals surface area contributed by atoms with Gasteiger partial charge in [0.15, 0.2) is 0 Å². The van der Waals surface area contributed by atoms with E-state index in [9.17, 15) is 4.39 Å². The van der Waals surface area contributed by atoms with Crippen molar-refractivity contribution in [2.45, 2.75) is 19.9 Å². The highest BCUT2D eigenvalue weighted by Gasteiger charge is 2.31. The minimum Gasteiger partial charge on any atom is -0.338 e. The van der Waals surface area contributed by atoms with Crippen molar-refractivity contribution in [3.8, 4) is 0 Å². The Hall–Kier alpha value is -1.66. The lowest BCUT2D eigenvalue weighted by Crippen LogP contribution is -2.52. The quantitative estimate of drug-likeness (QED) is 0.808. The summed E-state index contributed by atoms with van der Waals surface area (Å²) in [5, 5.41) is 9.76. The van der Waals surface area contributed by atoms with E-state index in [1.54, 1.807) is 12.3 Å². The maximum Gasteiger partial charge on any atom is 0.223 e. The second kappa shape index (κ2) is 6.22. The van der Waals surface area contributed by atoms with Gasteiger partial charge in [0.25, 0.3) is 0 Å². The molecule has 0 saturated carbocycles. The van der Waals surface area contributed by atoms with Crippen LogP contribution in [0.5, 0.6) is 0 Å². The Morgan fingerprint density at radius 2 is 2.14 bits per heavy atom. The van der Waals surface area contributed by atoms with Crippen LogP contribution in [0.3, 0.4) is 0 Å². The number of fused-ring (bicyclic) bond motifs is 1. The van der Waals surface area contributed by atoms with Crippen LogP contribution in [-0.2, 0) is 0 Å². The number of piperazine rings is 1. The summed E-state index contributed by atoms with van der Waals surface area (Å²) in [4.78, 5) is 6.83. The van der Waals surface area contributed by atoms with Gasteiger partial charge in [0.05, 0.1) is 16.8 Å². The minimum absolute atomic E-state index is 0.0494. The fourth-order valence-corrected chi connectivity index (χ4v) is 2.98. The van der Waals surface area contributed by atoms with Gasteiger partial charge in [-0.1, -0.05) is 11.6 Å². The number of nitrogens with zero attached hydrogens (tertiary/aromatic N) is 4. The molecule has 1 aromatic rings. The molecule has 0 radical (unpaired) electrons. The third-order valence-corrected chi connectivity index (χ3v) is 4.24. The number of hydrogen-bond donors (Lipinski definition) is 1. The maximum absolute atomic E-state index is 13.8. The summed E-state index contributed by atoms with van der Waals surface area (Å²) >= 11 is 5.92. The molecule has 1 saturated heterocycles. The molecule has 2 aliphatic heterocycles. The molecule has 1 aromatic carbocycles. The van der Waals surface area contributed by atoms with Crippen LogP contribution in [0.15, 0.2) is 22.2 Å². The number of hydrogen-bond acceptors (Lipinski definition) is 5. The average Bonchev–Trinajstić information content (AvgIpc) is 2.53. The molecule has 0 aromatic heterocycles. The number of benzene rings is 1. The van der Waals surface area contributed by atoms with Crippen molar-refractivity contribution >= 4 is 29.5 Å². The van der Waals surface area contributed by atoms with Gasteiger partial charge in [-0.05, 0) is 19.9 Å². The Labute approximate surface area is 134 Å². The molecule has 2 heterocycles. The monoisotopic (exact) mass is 323 g/mol. The van der Waals surface area contributed by atoms with E-state index in [1.165, 1.54) is 6.07 Å². The van der Waals surface area contributed by atoms with Crippen LogP contribution in [0.4, 0.5) is 10.1 Å². The second-order valence-corrected chi connectivity index (χ2v) is 5.78. The molecule has 3 rings (SSSR count). The smallest absolute Gasteiger partial charge is 0.223 e. The lowest BCUT2D eigenvalue weighted by Gasteiger charge is -2.39. The van der Waals surface area contributed by atoms with Gasteiger partial charge >= 0.3 is 0 Å². The van der Waals surface area contributed by atoms with Crippen LogP contribution in [0, 0.1) is 5.82 Å². The Morgan fingerprint density at radius 1 is 1.41 bits per heavy atom. The summed E-state index contributed by atoms with van der Waals surface area (Å²) in [5.41, 5.74) is 1.52. The molecule has 118 valence electrons. The molecule has 5 nitrogen and oxygen atoms in total. The first-order chi connectivity index (χ1) is 10.6. The van der Waals surface area contributed by atoms with Gasteiger partial charge in [0, 0.05) is 44.0 Å². The molecule has 1 fully saturated rings. The van der Waals surface area contributed by atoms with Crippen LogP contribution in [0.2, 0.25) is 5.02 Å². The van der Waals surface area contributed by atoms with Crippen molar-refractivity contribution in [1.29, 1.82) is 0 Å². The number of nitrogens with one attached hydrogen (secondary N) is 1. The lowest BCUT2D eigenvalue weighted by molar-refractivity contribution is 0.258. The highest BCUT2D eigenvalue weighted by atomic mass is 35.5. The van der Waals surface area contributed by atoms with Gasteiger partial charge in [0.2, 0.25) is 5.96 Å². The molecule has 1 unspecified atom stereocenters. The summed E-state index contributed by atoms with van der Waals surface area (Å²) in [6.45, 7) is 7.41. The largest absolute Gasteiger partial charge is 0.338 e. The summed E-state index contributed by atoms with van der Waals surface area (Å²) in [6, 6.07) is 3.00. The van der Waals surface area contributed by atoms with Crippen molar-refractivity contribution in [3.63, 3.8) is 0 Å². The van der Waals surface area contributed by atoms with Crippen molar-refractivity contribution in [1.82, 2.24) is 15.2 Å². The minimum atomic E-state index is -0.441. The standard InChI is InChI=1S/C15H19ClFN5/c1-3-19-22-10(2)11-8-12(16)13(17)9-14(11)20-15(22)21-6-4-18-5-7-21/h3,8-10,18H,4-7H2,1-2H3/b19-3-. The highest BCUT2D eigenvalue weighted by molar-refractivity contribution is 6.30. The number of halogens is 2. The summed E-state index contributed by atoms with van der Waals surface area (Å²) in [5.74, 6) is 0.324. The number of hydrazone groups is 1. The summed E-state index contributed by atoms with van der Waals surface area (Å²) in [6.07, 6.45) is 1.74. The first-order valence-corrected chi connectivity index (χ1v) is 7.80. The van der Waals surface area contributed by atoms with Crippen molar-refractivity contribution in [2.24, 2.45) is 10.1 Å². The Balaban J connectivity index is 2.07.